The monoisotopic (exact) mass is 282 g/mol. The van der Waals surface area contributed by atoms with Gasteiger partial charge in [0.15, 0.2) is 0 Å². The normalized spacial score (nSPS) is 10.8. The zero-order chi connectivity index (χ0) is 14.8. The molecule has 0 unspecified atom stereocenters. The van der Waals surface area contributed by atoms with Gasteiger partial charge in [-0.25, -0.2) is 4.39 Å². The molecule has 0 amide bonds. The highest BCUT2D eigenvalue weighted by molar-refractivity contribution is 5.55. The predicted octanol–water partition coefficient (Wildman–Crippen LogP) is 3.19. The minimum atomic E-state index is -0.127. The number of hydrogen-bond donors (Lipinski definition) is 1. The summed E-state index contributed by atoms with van der Waals surface area (Å²) >= 11 is 0. The first-order chi connectivity index (χ1) is 9.74. The van der Waals surface area contributed by atoms with Crippen LogP contribution in [0.15, 0.2) is 18.2 Å². The van der Waals surface area contributed by atoms with Crippen LogP contribution in [0.5, 0.6) is 0 Å². The molecule has 4 heteroatoms. The van der Waals surface area contributed by atoms with E-state index >= 15 is 0 Å². The van der Waals surface area contributed by atoms with Crippen molar-refractivity contribution in [2.45, 2.75) is 33.2 Å². The second-order valence-electron chi connectivity index (χ2n) is 4.90. The minimum absolute atomic E-state index is 0.127. The van der Waals surface area contributed by atoms with E-state index in [1.54, 1.807) is 19.2 Å². The summed E-state index contributed by atoms with van der Waals surface area (Å²) in [6.07, 6.45) is 2.04. The van der Waals surface area contributed by atoms with Gasteiger partial charge in [-0.05, 0) is 24.5 Å². The maximum absolute atomic E-state index is 14.2. The zero-order valence-corrected chi connectivity index (χ0v) is 12.9. The van der Waals surface area contributed by atoms with E-state index in [-0.39, 0.29) is 5.82 Å². The fourth-order valence-electron chi connectivity index (χ4n) is 2.33. The van der Waals surface area contributed by atoms with Gasteiger partial charge in [0.05, 0.1) is 12.3 Å². The molecule has 20 heavy (non-hydrogen) atoms. The number of nitrogens with one attached hydrogen (secondary N) is 1. The van der Waals surface area contributed by atoms with E-state index in [0.717, 1.165) is 43.7 Å². The molecule has 0 spiro atoms. The van der Waals surface area contributed by atoms with Gasteiger partial charge < -0.3 is 15.0 Å². The lowest BCUT2D eigenvalue weighted by Crippen LogP contribution is -2.28. The van der Waals surface area contributed by atoms with E-state index in [2.05, 4.69) is 24.1 Å². The summed E-state index contributed by atoms with van der Waals surface area (Å²) in [5, 5.41) is 3.29. The van der Waals surface area contributed by atoms with Crippen LogP contribution in [0, 0.1) is 5.82 Å². The molecule has 1 aromatic carbocycles. The molecule has 0 aliphatic rings. The van der Waals surface area contributed by atoms with Crippen LogP contribution in [0.25, 0.3) is 0 Å². The maximum Gasteiger partial charge on any atom is 0.146 e. The third kappa shape index (κ3) is 5.10. The van der Waals surface area contributed by atoms with E-state index in [1.807, 2.05) is 6.07 Å². The van der Waals surface area contributed by atoms with Crippen molar-refractivity contribution in [3.05, 3.63) is 29.6 Å². The third-order valence-electron chi connectivity index (χ3n) is 3.17. The Labute approximate surface area is 122 Å². The largest absolute Gasteiger partial charge is 0.383 e. The SMILES string of the molecule is CCCN(CCC)c1c(F)cccc1CNCCOC. The molecule has 0 heterocycles. The standard InChI is InChI=1S/C16H27FN2O/c1-4-10-19(11-5-2)16-14(7-6-8-15(16)17)13-18-9-12-20-3/h6-8,18H,4-5,9-13H2,1-3H3. The van der Waals surface area contributed by atoms with Gasteiger partial charge in [-0.15, -0.1) is 0 Å². The topological polar surface area (TPSA) is 24.5 Å². The predicted molar refractivity (Wildman–Crippen MR) is 82.8 cm³/mol. The molecular weight excluding hydrogens is 255 g/mol. The van der Waals surface area contributed by atoms with Gasteiger partial charge in [-0.2, -0.15) is 0 Å². The van der Waals surface area contributed by atoms with E-state index < -0.39 is 0 Å². The number of methoxy groups -OCH3 is 1. The van der Waals surface area contributed by atoms with Crippen molar-refractivity contribution in [1.82, 2.24) is 5.32 Å². The second kappa shape index (κ2) is 9.72. The molecule has 1 N–H and O–H groups in total. The van der Waals surface area contributed by atoms with Crippen LogP contribution >= 0.6 is 0 Å². The van der Waals surface area contributed by atoms with Crippen LogP contribution < -0.4 is 10.2 Å². The fourth-order valence-corrected chi connectivity index (χ4v) is 2.33. The summed E-state index contributed by atoms with van der Waals surface area (Å²) in [6.45, 7) is 8.13. The van der Waals surface area contributed by atoms with Crippen LogP contribution in [-0.4, -0.2) is 33.4 Å². The van der Waals surface area contributed by atoms with Gasteiger partial charge in [-0.3, -0.25) is 0 Å². The highest BCUT2D eigenvalue weighted by atomic mass is 19.1. The summed E-state index contributed by atoms with van der Waals surface area (Å²) in [5.41, 5.74) is 1.77. The average molecular weight is 282 g/mol. The van der Waals surface area contributed by atoms with Crippen molar-refractivity contribution in [1.29, 1.82) is 0 Å². The number of hydrogen-bond acceptors (Lipinski definition) is 3. The Morgan fingerprint density at radius 2 is 1.90 bits per heavy atom. The number of ether oxygens (including phenoxy) is 1. The summed E-state index contributed by atoms with van der Waals surface area (Å²) in [5.74, 6) is -0.127. The van der Waals surface area contributed by atoms with Crippen molar-refractivity contribution >= 4 is 5.69 Å². The molecule has 0 aliphatic heterocycles. The van der Waals surface area contributed by atoms with Crippen LogP contribution in [0.2, 0.25) is 0 Å². The Balaban J connectivity index is 2.84. The Morgan fingerprint density at radius 1 is 1.20 bits per heavy atom. The first-order valence-electron chi connectivity index (χ1n) is 7.46. The Hall–Kier alpha value is -1.13. The molecular formula is C16H27FN2O. The molecule has 0 atom stereocenters. The first-order valence-corrected chi connectivity index (χ1v) is 7.46. The molecule has 0 aliphatic carbocycles. The molecule has 0 fully saturated rings. The Kier molecular flexibility index (Phi) is 8.23. The molecule has 0 bridgehead atoms. The summed E-state index contributed by atoms with van der Waals surface area (Å²) in [4.78, 5) is 2.16. The lowest BCUT2D eigenvalue weighted by molar-refractivity contribution is 0.199. The molecule has 0 aromatic heterocycles. The number of benzene rings is 1. The maximum atomic E-state index is 14.2. The average Bonchev–Trinajstić information content (AvgIpc) is 2.44. The Morgan fingerprint density at radius 3 is 2.50 bits per heavy atom. The number of anilines is 1. The quantitative estimate of drug-likeness (QED) is 0.667. The fraction of sp³-hybridized carbons (Fsp3) is 0.625. The van der Waals surface area contributed by atoms with Crippen molar-refractivity contribution in [2.24, 2.45) is 0 Å². The molecule has 0 radical (unpaired) electrons. The zero-order valence-electron chi connectivity index (χ0n) is 12.9. The van der Waals surface area contributed by atoms with Gasteiger partial charge in [0.1, 0.15) is 5.82 Å². The summed E-state index contributed by atoms with van der Waals surface area (Å²) < 4.78 is 19.2. The van der Waals surface area contributed by atoms with Gasteiger partial charge in [0.2, 0.25) is 0 Å². The highest BCUT2D eigenvalue weighted by Crippen LogP contribution is 2.25. The number of nitrogens with zero attached hydrogens (tertiary/aromatic N) is 1. The van der Waals surface area contributed by atoms with Crippen LogP contribution in [0.3, 0.4) is 0 Å². The van der Waals surface area contributed by atoms with Crippen molar-refractivity contribution in [3.8, 4) is 0 Å². The van der Waals surface area contributed by atoms with Crippen molar-refractivity contribution < 1.29 is 9.13 Å². The van der Waals surface area contributed by atoms with Crippen LogP contribution in [0.4, 0.5) is 10.1 Å². The first kappa shape index (κ1) is 16.9. The minimum Gasteiger partial charge on any atom is -0.383 e. The van der Waals surface area contributed by atoms with Gasteiger partial charge in [-0.1, -0.05) is 26.0 Å². The van der Waals surface area contributed by atoms with Crippen molar-refractivity contribution in [3.63, 3.8) is 0 Å². The molecule has 1 rings (SSSR count). The number of rotatable bonds is 10. The number of halogens is 1. The van der Waals surface area contributed by atoms with E-state index in [9.17, 15) is 4.39 Å². The third-order valence-corrected chi connectivity index (χ3v) is 3.17. The number of para-hydroxylation sites is 1. The summed E-state index contributed by atoms with van der Waals surface area (Å²) in [7, 11) is 1.68. The second-order valence-corrected chi connectivity index (χ2v) is 4.90. The lowest BCUT2D eigenvalue weighted by Gasteiger charge is -2.27. The van der Waals surface area contributed by atoms with E-state index in [4.69, 9.17) is 4.74 Å². The molecule has 1 aromatic rings. The summed E-state index contributed by atoms with van der Waals surface area (Å²) in [6, 6.07) is 5.32. The molecule has 0 saturated heterocycles. The van der Waals surface area contributed by atoms with E-state index in [0.29, 0.717) is 13.2 Å². The van der Waals surface area contributed by atoms with Crippen molar-refractivity contribution in [2.75, 3.05) is 38.3 Å². The molecule has 0 saturated carbocycles. The van der Waals surface area contributed by atoms with Crippen LogP contribution in [-0.2, 0) is 11.3 Å². The lowest BCUT2D eigenvalue weighted by atomic mass is 10.1. The van der Waals surface area contributed by atoms with Gasteiger partial charge >= 0.3 is 0 Å². The van der Waals surface area contributed by atoms with E-state index in [1.165, 1.54) is 0 Å². The van der Waals surface area contributed by atoms with Crippen LogP contribution in [0.1, 0.15) is 32.3 Å². The molecule has 3 nitrogen and oxygen atoms in total. The van der Waals surface area contributed by atoms with Gasteiger partial charge in [0, 0.05) is 33.3 Å². The van der Waals surface area contributed by atoms with Gasteiger partial charge in [0.25, 0.3) is 0 Å². The highest BCUT2D eigenvalue weighted by Gasteiger charge is 2.14. The molecule has 114 valence electrons. The Bertz CT molecular complexity index is 379. The smallest absolute Gasteiger partial charge is 0.146 e.